The summed E-state index contributed by atoms with van der Waals surface area (Å²) in [4.78, 5) is 32.7. The minimum atomic E-state index is -0.191. The minimum Gasteiger partial charge on any atom is -0.494 e. The number of carbonyl (C=O) groups excluding carboxylic acids is 1. The van der Waals surface area contributed by atoms with Gasteiger partial charge in [-0.25, -0.2) is 4.98 Å². The molecule has 9 heteroatoms. The lowest BCUT2D eigenvalue weighted by Crippen LogP contribution is -2.27. The zero-order chi connectivity index (χ0) is 22.5. The molecule has 2 aromatic heterocycles. The van der Waals surface area contributed by atoms with E-state index < -0.39 is 0 Å². The van der Waals surface area contributed by atoms with Gasteiger partial charge in [0, 0.05) is 11.4 Å². The largest absolute Gasteiger partial charge is 0.494 e. The number of benzene rings is 1. The first-order chi connectivity index (χ1) is 15.6. The predicted molar refractivity (Wildman–Crippen MR) is 127 cm³/mol. The molecular formula is C23H24N4O3S2. The molecule has 1 N–H and O–H groups in total. The predicted octanol–water partition coefficient (Wildman–Crippen LogP) is 3.85. The van der Waals surface area contributed by atoms with E-state index in [0.29, 0.717) is 29.4 Å². The summed E-state index contributed by atoms with van der Waals surface area (Å²) in [7, 11) is 0. The monoisotopic (exact) mass is 468 g/mol. The summed E-state index contributed by atoms with van der Waals surface area (Å²) in [6.07, 6.45) is 4.38. The number of aromatic nitrogens is 2. The van der Waals surface area contributed by atoms with Crippen molar-refractivity contribution in [2.45, 2.75) is 44.2 Å². The number of fused-ring (bicyclic) bond motifs is 3. The number of hydrogen-bond donors (Lipinski definition) is 1. The maximum Gasteiger partial charge on any atom is 0.267 e. The molecule has 0 aliphatic heterocycles. The van der Waals surface area contributed by atoms with Crippen LogP contribution >= 0.6 is 23.1 Å². The molecular weight excluding hydrogens is 444 g/mol. The van der Waals surface area contributed by atoms with Gasteiger partial charge in [0.15, 0.2) is 5.16 Å². The summed E-state index contributed by atoms with van der Waals surface area (Å²) >= 11 is 2.83. The van der Waals surface area contributed by atoms with Crippen LogP contribution in [-0.2, 0) is 17.6 Å². The lowest BCUT2D eigenvalue weighted by Gasteiger charge is -2.14. The van der Waals surface area contributed by atoms with Crippen LogP contribution in [0, 0.1) is 11.3 Å². The third-order valence-electron chi connectivity index (χ3n) is 5.26. The lowest BCUT2D eigenvalue weighted by atomic mass is 9.97. The number of ether oxygens (including phenoxy) is 1. The number of carbonyl (C=O) groups is 1. The smallest absolute Gasteiger partial charge is 0.267 e. The highest BCUT2D eigenvalue weighted by molar-refractivity contribution is 7.99. The van der Waals surface area contributed by atoms with Crippen LogP contribution in [0.3, 0.4) is 0 Å². The Morgan fingerprint density at radius 3 is 2.84 bits per heavy atom. The normalized spacial score (nSPS) is 12.9. The molecule has 0 saturated carbocycles. The van der Waals surface area contributed by atoms with Crippen molar-refractivity contribution < 1.29 is 9.53 Å². The Labute approximate surface area is 194 Å². The van der Waals surface area contributed by atoms with Gasteiger partial charge in [-0.2, -0.15) is 5.26 Å². The van der Waals surface area contributed by atoms with E-state index in [9.17, 15) is 9.59 Å². The van der Waals surface area contributed by atoms with Gasteiger partial charge in [-0.1, -0.05) is 11.8 Å². The molecule has 1 amide bonds. The second kappa shape index (κ2) is 10.2. The molecule has 0 spiro atoms. The molecule has 32 heavy (non-hydrogen) atoms. The zero-order valence-corrected chi connectivity index (χ0v) is 19.5. The number of rotatable bonds is 8. The van der Waals surface area contributed by atoms with Gasteiger partial charge in [-0.15, -0.1) is 11.3 Å². The maximum atomic E-state index is 13.7. The van der Waals surface area contributed by atoms with Crippen molar-refractivity contribution in [2.75, 3.05) is 18.9 Å². The molecule has 0 saturated heterocycles. The Kier molecular flexibility index (Phi) is 7.12. The molecule has 1 aromatic carbocycles. The van der Waals surface area contributed by atoms with Gasteiger partial charge in [0.05, 0.1) is 35.9 Å². The average molecular weight is 469 g/mol. The first kappa shape index (κ1) is 22.4. The SMILES string of the molecule is CCOc1ccc(-n2c(SCC(=O)NCCC#N)nc3sc4c(c3c2=O)CCCC4)cc1. The molecule has 0 radical (unpaired) electrons. The summed E-state index contributed by atoms with van der Waals surface area (Å²) in [6, 6.07) is 9.36. The van der Waals surface area contributed by atoms with Crippen molar-refractivity contribution in [1.82, 2.24) is 14.9 Å². The van der Waals surface area contributed by atoms with Crippen LogP contribution in [0.4, 0.5) is 0 Å². The highest BCUT2D eigenvalue weighted by Gasteiger charge is 2.23. The van der Waals surface area contributed by atoms with E-state index in [0.717, 1.165) is 41.8 Å². The van der Waals surface area contributed by atoms with Gasteiger partial charge in [-0.05, 0) is 62.4 Å². The third-order valence-corrected chi connectivity index (χ3v) is 7.38. The Balaban J connectivity index is 1.75. The van der Waals surface area contributed by atoms with Crippen molar-refractivity contribution in [3.8, 4) is 17.5 Å². The van der Waals surface area contributed by atoms with E-state index in [1.165, 1.54) is 16.6 Å². The molecule has 0 unspecified atom stereocenters. The molecule has 0 bridgehead atoms. The molecule has 7 nitrogen and oxygen atoms in total. The fourth-order valence-corrected chi connectivity index (χ4v) is 5.95. The Morgan fingerprint density at radius 2 is 2.09 bits per heavy atom. The van der Waals surface area contributed by atoms with Crippen LogP contribution in [0.25, 0.3) is 15.9 Å². The van der Waals surface area contributed by atoms with E-state index in [1.54, 1.807) is 15.9 Å². The molecule has 2 heterocycles. The first-order valence-electron chi connectivity index (χ1n) is 10.7. The van der Waals surface area contributed by atoms with Crippen molar-refractivity contribution in [1.29, 1.82) is 5.26 Å². The molecule has 1 aliphatic carbocycles. The number of nitrogens with one attached hydrogen (secondary N) is 1. The average Bonchev–Trinajstić information content (AvgIpc) is 3.17. The van der Waals surface area contributed by atoms with E-state index in [-0.39, 0.29) is 23.6 Å². The standard InChI is InChI=1S/C23H24N4O3S2/c1-2-30-16-10-8-15(9-11-16)27-22(29)20-17-6-3-4-7-18(17)32-21(20)26-23(27)31-14-19(28)25-13-5-12-24/h8-11H,2-7,13-14H2,1H3,(H,25,28). The number of aryl methyl sites for hydroxylation is 2. The fourth-order valence-electron chi connectivity index (χ4n) is 3.81. The Hall–Kier alpha value is -2.83. The molecule has 1 aliphatic rings. The topological polar surface area (TPSA) is 97.0 Å². The highest BCUT2D eigenvalue weighted by atomic mass is 32.2. The van der Waals surface area contributed by atoms with Crippen LogP contribution in [0.15, 0.2) is 34.2 Å². The highest BCUT2D eigenvalue weighted by Crippen LogP contribution is 2.35. The van der Waals surface area contributed by atoms with Gasteiger partial charge in [-0.3, -0.25) is 14.2 Å². The van der Waals surface area contributed by atoms with Crippen molar-refractivity contribution in [2.24, 2.45) is 0 Å². The molecule has 166 valence electrons. The van der Waals surface area contributed by atoms with Crippen molar-refractivity contribution in [3.63, 3.8) is 0 Å². The lowest BCUT2D eigenvalue weighted by molar-refractivity contribution is -0.118. The summed E-state index contributed by atoms with van der Waals surface area (Å²) in [5, 5.41) is 12.6. The quantitative estimate of drug-likeness (QED) is 0.306. The molecule has 4 rings (SSSR count). The van der Waals surface area contributed by atoms with Crippen LogP contribution in [-0.4, -0.2) is 34.4 Å². The first-order valence-corrected chi connectivity index (χ1v) is 12.5. The van der Waals surface area contributed by atoms with E-state index in [2.05, 4.69) is 5.32 Å². The van der Waals surface area contributed by atoms with Gasteiger partial charge >= 0.3 is 0 Å². The summed E-state index contributed by atoms with van der Waals surface area (Å²) < 4.78 is 7.14. The number of thiophene rings is 1. The van der Waals surface area contributed by atoms with E-state index in [1.807, 2.05) is 37.3 Å². The number of hydrogen-bond acceptors (Lipinski definition) is 7. The van der Waals surface area contributed by atoms with Crippen LogP contribution in [0.5, 0.6) is 5.75 Å². The van der Waals surface area contributed by atoms with Gasteiger partial charge in [0.25, 0.3) is 5.56 Å². The van der Waals surface area contributed by atoms with Crippen LogP contribution in [0.2, 0.25) is 0 Å². The van der Waals surface area contributed by atoms with E-state index >= 15 is 0 Å². The third kappa shape index (κ3) is 4.66. The van der Waals surface area contributed by atoms with Crippen molar-refractivity contribution >= 4 is 39.2 Å². The van der Waals surface area contributed by atoms with Gasteiger partial charge in [0.1, 0.15) is 10.6 Å². The van der Waals surface area contributed by atoms with Gasteiger partial charge < -0.3 is 10.1 Å². The zero-order valence-electron chi connectivity index (χ0n) is 17.8. The Morgan fingerprint density at radius 1 is 1.31 bits per heavy atom. The number of thioether (sulfide) groups is 1. The molecule has 0 fully saturated rings. The molecule has 0 atom stereocenters. The minimum absolute atomic E-state index is 0.0917. The second-order valence-corrected chi connectivity index (χ2v) is 9.43. The van der Waals surface area contributed by atoms with Crippen molar-refractivity contribution in [3.05, 3.63) is 45.1 Å². The van der Waals surface area contributed by atoms with Crippen LogP contribution in [0.1, 0.15) is 36.6 Å². The number of amides is 1. The Bertz CT molecular complexity index is 1230. The summed E-state index contributed by atoms with van der Waals surface area (Å²) in [6.45, 7) is 2.80. The number of nitriles is 1. The second-order valence-electron chi connectivity index (χ2n) is 7.40. The summed E-state index contributed by atoms with van der Waals surface area (Å²) in [5.74, 6) is 0.659. The summed E-state index contributed by atoms with van der Waals surface area (Å²) in [5.41, 5.74) is 1.74. The number of nitrogens with zero attached hydrogens (tertiary/aromatic N) is 3. The van der Waals surface area contributed by atoms with Crippen LogP contribution < -0.4 is 15.6 Å². The van der Waals surface area contributed by atoms with E-state index in [4.69, 9.17) is 15.0 Å². The fraction of sp³-hybridized carbons (Fsp3) is 0.391. The van der Waals surface area contributed by atoms with Gasteiger partial charge in [0.2, 0.25) is 5.91 Å². The molecule has 3 aromatic rings. The maximum absolute atomic E-state index is 13.7.